The second-order valence-corrected chi connectivity index (χ2v) is 13.4. The predicted octanol–water partition coefficient (Wildman–Crippen LogP) is 10.6. The lowest BCUT2D eigenvalue weighted by Crippen LogP contribution is -1.79. The summed E-state index contributed by atoms with van der Waals surface area (Å²) in [7, 11) is 0. The average molecular weight is 485 g/mol. The number of hydrogen-bond acceptors (Lipinski definition) is 4. The Morgan fingerprint density at radius 3 is 1.94 bits per heavy atom. The number of hydrogen-bond donors (Lipinski definition) is 0. The molecule has 0 atom stereocenters. The second kappa shape index (κ2) is 6.64. The van der Waals surface area contributed by atoms with Crippen LogP contribution in [0.2, 0.25) is 0 Å². The molecule has 0 radical (unpaired) electrons. The van der Waals surface area contributed by atoms with E-state index < -0.39 is 0 Å². The highest BCUT2D eigenvalue weighted by atomic mass is 32.1. The van der Waals surface area contributed by atoms with Crippen molar-refractivity contribution in [3.8, 4) is 9.75 Å². The molecule has 0 aliphatic rings. The fourth-order valence-corrected chi connectivity index (χ4v) is 9.56. The molecule has 0 bridgehead atoms. The van der Waals surface area contributed by atoms with Crippen molar-refractivity contribution in [2.75, 3.05) is 0 Å². The van der Waals surface area contributed by atoms with E-state index in [4.69, 9.17) is 0 Å². The van der Waals surface area contributed by atoms with Crippen LogP contribution in [0.25, 0.3) is 60.9 Å². The highest BCUT2D eigenvalue weighted by Crippen LogP contribution is 2.46. The predicted molar refractivity (Wildman–Crippen MR) is 150 cm³/mol. The van der Waals surface area contributed by atoms with Crippen molar-refractivity contribution < 1.29 is 0 Å². The third-order valence-corrected chi connectivity index (χ3v) is 11.4. The summed E-state index contributed by atoms with van der Waals surface area (Å²) in [4.78, 5) is 5.55. The Balaban J connectivity index is 1.48. The van der Waals surface area contributed by atoms with E-state index in [1.165, 1.54) is 81.8 Å². The first-order valence-electron chi connectivity index (χ1n) is 10.8. The van der Waals surface area contributed by atoms with Crippen LogP contribution in [0, 0.1) is 27.7 Å². The van der Waals surface area contributed by atoms with Gasteiger partial charge in [-0.1, -0.05) is 18.2 Å². The van der Waals surface area contributed by atoms with Gasteiger partial charge in [-0.3, -0.25) is 0 Å². The lowest BCUT2D eigenvalue weighted by atomic mass is 10.0. The van der Waals surface area contributed by atoms with Gasteiger partial charge < -0.3 is 0 Å². The van der Waals surface area contributed by atoms with Crippen LogP contribution < -0.4 is 0 Å². The standard InChI is InChI=1S/C28H20S4/c1-13-9-17-5-6-18-19(28(17)30-13)7-8-23-22(18)12-24(31-23)25-11-21-16(4)26-20(10-14(2)29-26)15(3)27(21)32-25/h5-12H,1-4H3. The number of thiophene rings is 4. The monoisotopic (exact) mass is 484 g/mol. The molecule has 7 rings (SSSR count). The van der Waals surface area contributed by atoms with Gasteiger partial charge in [0.2, 0.25) is 0 Å². The second-order valence-electron chi connectivity index (χ2n) is 8.73. The van der Waals surface area contributed by atoms with Crippen LogP contribution in [0.4, 0.5) is 0 Å². The van der Waals surface area contributed by atoms with Gasteiger partial charge in [0, 0.05) is 49.1 Å². The molecule has 0 fully saturated rings. The van der Waals surface area contributed by atoms with Crippen LogP contribution in [0.5, 0.6) is 0 Å². The van der Waals surface area contributed by atoms with Gasteiger partial charge in [-0.15, -0.1) is 45.3 Å². The molecule has 0 nitrogen and oxygen atoms in total. The first-order chi connectivity index (χ1) is 15.5. The van der Waals surface area contributed by atoms with E-state index in [9.17, 15) is 0 Å². The van der Waals surface area contributed by atoms with Crippen molar-refractivity contribution in [2.45, 2.75) is 27.7 Å². The summed E-state index contributed by atoms with van der Waals surface area (Å²) in [6.45, 7) is 9.01. The normalized spacial score (nSPS) is 12.4. The van der Waals surface area contributed by atoms with Crippen molar-refractivity contribution in [3.63, 3.8) is 0 Å². The minimum atomic E-state index is 1.36. The molecule has 4 heteroatoms. The van der Waals surface area contributed by atoms with Crippen molar-refractivity contribution in [1.82, 2.24) is 0 Å². The third-order valence-electron chi connectivity index (χ3n) is 6.62. The Morgan fingerprint density at radius 2 is 1.09 bits per heavy atom. The molecule has 0 amide bonds. The van der Waals surface area contributed by atoms with E-state index in [0.717, 1.165) is 0 Å². The number of fused-ring (bicyclic) bond motifs is 7. The van der Waals surface area contributed by atoms with Crippen LogP contribution in [0.1, 0.15) is 20.9 Å². The van der Waals surface area contributed by atoms with Gasteiger partial charge >= 0.3 is 0 Å². The molecule has 32 heavy (non-hydrogen) atoms. The number of rotatable bonds is 1. The van der Waals surface area contributed by atoms with Crippen LogP contribution in [0.3, 0.4) is 0 Å². The van der Waals surface area contributed by atoms with E-state index in [-0.39, 0.29) is 0 Å². The van der Waals surface area contributed by atoms with E-state index in [2.05, 4.69) is 76.2 Å². The summed E-state index contributed by atoms with van der Waals surface area (Å²) < 4.78 is 5.69. The smallest absolute Gasteiger partial charge is 0.0455 e. The lowest BCUT2D eigenvalue weighted by molar-refractivity contribution is 1.57. The topological polar surface area (TPSA) is 0 Å². The van der Waals surface area contributed by atoms with Gasteiger partial charge in [-0.2, -0.15) is 0 Å². The molecule has 0 spiro atoms. The van der Waals surface area contributed by atoms with Gasteiger partial charge in [0.25, 0.3) is 0 Å². The molecule has 4 heterocycles. The van der Waals surface area contributed by atoms with Crippen molar-refractivity contribution in [3.05, 3.63) is 69.4 Å². The molecule has 0 unspecified atom stereocenters. The Labute approximate surface area is 202 Å². The Hall–Kier alpha value is -2.24. The molecule has 0 aliphatic carbocycles. The van der Waals surface area contributed by atoms with Gasteiger partial charge in [-0.05, 0) is 90.7 Å². The van der Waals surface area contributed by atoms with Gasteiger partial charge in [-0.25, -0.2) is 0 Å². The summed E-state index contributed by atoms with van der Waals surface area (Å²) in [6.07, 6.45) is 0. The van der Waals surface area contributed by atoms with Crippen molar-refractivity contribution in [1.29, 1.82) is 0 Å². The SMILES string of the molecule is Cc1cc2c(C)c3sc(-c4cc5c(ccc6c5ccc5cc(C)sc56)s4)cc3c(C)c2s1. The molecule has 0 aliphatic heterocycles. The van der Waals surface area contributed by atoms with Crippen LogP contribution >= 0.6 is 45.3 Å². The van der Waals surface area contributed by atoms with Crippen molar-refractivity contribution >= 4 is 96.5 Å². The quantitative estimate of drug-likeness (QED) is 0.217. The molecule has 4 aromatic heterocycles. The van der Waals surface area contributed by atoms with E-state index >= 15 is 0 Å². The maximum absolute atomic E-state index is 2.44. The zero-order valence-corrected chi connectivity index (χ0v) is 21.5. The molecular formula is C28H20S4. The first-order valence-corrected chi connectivity index (χ1v) is 14.0. The minimum absolute atomic E-state index is 1.36. The molecule has 0 saturated carbocycles. The summed E-state index contributed by atoms with van der Waals surface area (Å²) in [5, 5.41) is 8.37. The van der Waals surface area contributed by atoms with Crippen LogP contribution in [-0.4, -0.2) is 0 Å². The minimum Gasteiger partial charge on any atom is -0.140 e. The molecule has 3 aromatic carbocycles. The van der Waals surface area contributed by atoms with Gasteiger partial charge in [0.1, 0.15) is 0 Å². The van der Waals surface area contributed by atoms with E-state index in [1.807, 2.05) is 45.3 Å². The molecular weight excluding hydrogens is 465 g/mol. The fraction of sp³-hybridized carbons (Fsp3) is 0.143. The molecule has 0 saturated heterocycles. The summed E-state index contributed by atoms with van der Waals surface area (Å²) in [5.74, 6) is 0. The fourth-order valence-electron chi connectivity index (χ4n) is 5.06. The zero-order chi connectivity index (χ0) is 21.7. The maximum atomic E-state index is 2.44. The molecule has 7 aromatic rings. The van der Waals surface area contributed by atoms with E-state index in [1.54, 1.807) is 0 Å². The van der Waals surface area contributed by atoms with Crippen LogP contribution in [0.15, 0.2) is 48.5 Å². The number of benzene rings is 3. The lowest BCUT2D eigenvalue weighted by Gasteiger charge is -2.03. The Kier molecular flexibility index (Phi) is 4.00. The third kappa shape index (κ3) is 2.58. The maximum Gasteiger partial charge on any atom is 0.0455 e. The zero-order valence-electron chi connectivity index (χ0n) is 18.3. The number of aryl methyl sites for hydroxylation is 4. The van der Waals surface area contributed by atoms with Crippen LogP contribution in [-0.2, 0) is 0 Å². The highest BCUT2D eigenvalue weighted by molar-refractivity contribution is 7.29. The Bertz CT molecular complexity index is 1810. The first kappa shape index (κ1) is 19.2. The largest absolute Gasteiger partial charge is 0.140 e. The van der Waals surface area contributed by atoms with E-state index in [0.29, 0.717) is 0 Å². The molecule has 156 valence electrons. The van der Waals surface area contributed by atoms with Gasteiger partial charge in [0.15, 0.2) is 0 Å². The summed E-state index contributed by atoms with van der Waals surface area (Å²) in [5.41, 5.74) is 2.87. The molecule has 0 N–H and O–H groups in total. The summed E-state index contributed by atoms with van der Waals surface area (Å²) >= 11 is 7.72. The Morgan fingerprint density at radius 1 is 0.469 bits per heavy atom. The summed E-state index contributed by atoms with van der Waals surface area (Å²) in [6, 6.07) is 18.8. The van der Waals surface area contributed by atoms with Gasteiger partial charge in [0.05, 0.1) is 0 Å². The van der Waals surface area contributed by atoms with Crippen molar-refractivity contribution in [2.24, 2.45) is 0 Å². The highest BCUT2D eigenvalue weighted by Gasteiger charge is 2.17. The average Bonchev–Trinajstić information content (AvgIpc) is 3.53.